The number of fused-ring (bicyclic) bond motifs is 2. The molecule has 0 bridgehead atoms. The molecule has 4 aromatic rings. The molecule has 0 unspecified atom stereocenters. The lowest BCUT2D eigenvalue weighted by molar-refractivity contribution is 0.0272. The van der Waals surface area contributed by atoms with Crippen molar-refractivity contribution in [2.24, 2.45) is 0 Å². The maximum absolute atomic E-state index is 13.5. The van der Waals surface area contributed by atoms with Gasteiger partial charge in [0.1, 0.15) is 0 Å². The Labute approximate surface area is 188 Å². The lowest BCUT2D eigenvalue weighted by Crippen LogP contribution is -2.59. The monoisotopic (exact) mass is 422 g/mol. The van der Waals surface area contributed by atoms with Crippen molar-refractivity contribution in [3.8, 4) is 0 Å². The fraction of sp³-hybridized carbons (Fsp3) is 0.214. The number of benzene rings is 4. The van der Waals surface area contributed by atoms with E-state index in [1.165, 1.54) is 0 Å². The average molecular weight is 423 g/mol. The van der Waals surface area contributed by atoms with E-state index in [1.54, 1.807) is 0 Å². The number of carbonyl (C=O) groups is 2. The molecule has 0 aromatic heterocycles. The number of rotatable bonds is 2. The molecule has 1 aliphatic rings. The van der Waals surface area contributed by atoms with Gasteiger partial charge in [0.05, 0.1) is 0 Å². The summed E-state index contributed by atoms with van der Waals surface area (Å²) < 4.78 is 0. The Morgan fingerprint density at radius 1 is 0.594 bits per heavy atom. The summed E-state index contributed by atoms with van der Waals surface area (Å²) in [5.41, 5.74) is 1.44. The van der Waals surface area contributed by atoms with Gasteiger partial charge < -0.3 is 9.80 Å². The van der Waals surface area contributed by atoms with E-state index in [1.807, 2.05) is 109 Å². The van der Waals surface area contributed by atoms with Crippen molar-refractivity contribution in [2.45, 2.75) is 25.9 Å². The van der Waals surface area contributed by atoms with Crippen LogP contribution in [-0.2, 0) is 0 Å². The number of piperazine rings is 1. The van der Waals surface area contributed by atoms with Crippen LogP contribution in [0.4, 0.5) is 0 Å². The maximum atomic E-state index is 13.5. The van der Waals surface area contributed by atoms with Gasteiger partial charge in [-0.1, -0.05) is 72.8 Å². The predicted molar refractivity (Wildman–Crippen MR) is 129 cm³/mol. The van der Waals surface area contributed by atoms with Gasteiger partial charge >= 0.3 is 0 Å². The summed E-state index contributed by atoms with van der Waals surface area (Å²) in [4.78, 5) is 30.9. The third-order valence-corrected chi connectivity index (χ3v) is 6.55. The van der Waals surface area contributed by atoms with Crippen LogP contribution >= 0.6 is 0 Å². The molecule has 1 fully saturated rings. The Hall–Kier alpha value is -3.66. The summed E-state index contributed by atoms with van der Waals surface area (Å²) in [5.74, 6) is 0.0526. The van der Waals surface area contributed by atoms with Crippen LogP contribution in [0.5, 0.6) is 0 Å². The Morgan fingerprint density at radius 3 is 1.41 bits per heavy atom. The molecule has 0 radical (unpaired) electrons. The first-order valence-corrected chi connectivity index (χ1v) is 11.1. The maximum Gasteiger partial charge on any atom is 0.254 e. The molecule has 1 saturated heterocycles. The summed E-state index contributed by atoms with van der Waals surface area (Å²) in [6, 6.07) is 27.5. The van der Waals surface area contributed by atoms with Crippen molar-refractivity contribution in [3.05, 3.63) is 96.1 Å². The minimum Gasteiger partial charge on any atom is -0.332 e. The van der Waals surface area contributed by atoms with Gasteiger partial charge in [-0.2, -0.15) is 0 Å². The third kappa shape index (κ3) is 3.42. The normalized spacial score (nSPS) is 18.8. The number of nitrogens with zero attached hydrogens (tertiary/aromatic N) is 2. The molecular weight excluding hydrogens is 396 g/mol. The fourth-order valence-electron chi connectivity index (χ4n) is 4.83. The van der Waals surface area contributed by atoms with E-state index in [0.29, 0.717) is 13.1 Å². The molecule has 1 aliphatic heterocycles. The van der Waals surface area contributed by atoms with Crippen LogP contribution in [-0.4, -0.2) is 46.8 Å². The van der Waals surface area contributed by atoms with Crippen LogP contribution < -0.4 is 0 Å². The predicted octanol–water partition coefficient (Wildman–Crippen LogP) is 5.37. The van der Waals surface area contributed by atoms with Crippen molar-refractivity contribution in [1.82, 2.24) is 9.80 Å². The molecule has 0 saturated carbocycles. The van der Waals surface area contributed by atoms with Gasteiger partial charge in [-0.3, -0.25) is 9.59 Å². The first kappa shape index (κ1) is 20.3. The van der Waals surface area contributed by atoms with Crippen molar-refractivity contribution >= 4 is 33.4 Å². The Morgan fingerprint density at radius 2 is 0.969 bits per heavy atom. The van der Waals surface area contributed by atoms with E-state index in [0.717, 1.165) is 32.7 Å². The second kappa shape index (κ2) is 8.12. The standard InChI is InChI=1S/C28H26N2O2/c1-19-17-30(28(32)26-16-8-12-22-10-4-6-14-24(22)26)20(2)18-29(19)27(31)25-15-7-11-21-9-3-5-13-23(21)25/h3-16,19-20H,17-18H2,1-2H3/t19-,20+. The summed E-state index contributed by atoms with van der Waals surface area (Å²) in [6.07, 6.45) is 0. The second-order valence-corrected chi connectivity index (χ2v) is 8.67. The molecule has 2 amide bonds. The van der Waals surface area contributed by atoms with Crippen LogP contribution in [0.2, 0.25) is 0 Å². The molecule has 4 aromatic carbocycles. The minimum absolute atomic E-state index is 0.0263. The second-order valence-electron chi connectivity index (χ2n) is 8.67. The summed E-state index contributed by atoms with van der Waals surface area (Å²) >= 11 is 0. The van der Waals surface area contributed by atoms with Crippen LogP contribution in [0.25, 0.3) is 21.5 Å². The zero-order valence-corrected chi connectivity index (χ0v) is 18.4. The van der Waals surface area contributed by atoms with Crippen LogP contribution in [0.15, 0.2) is 84.9 Å². The smallest absolute Gasteiger partial charge is 0.254 e. The van der Waals surface area contributed by atoms with E-state index in [2.05, 4.69) is 0 Å². The van der Waals surface area contributed by atoms with Crippen LogP contribution in [0, 0.1) is 0 Å². The average Bonchev–Trinajstić information content (AvgIpc) is 2.83. The largest absolute Gasteiger partial charge is 0.332 e. The molecule has 160 valence electrons. The van der Waals surface area contributed by atoms with Gasteiger partial charge in [-0.05, 0) is 47.5 Å². The van der Waals surface area contributed by atoms with Crippen LogP contribution in [0.1, 0.15) is 34.6 Å². The first-order valence-electron chi connectivity index (χ1n) is 11.1. The fourth-order valence-corrected chi connectivity index (χ4v) is 4.83. The summed E-state index contributed by atoms with van der Waals surface area (Å²) in [6.45, 7) is 5.08. The van der Waals surface area contributed by atoms with Crippen molar-refractivity contribution < 1.29 is 9.59 Å². The number of hydrogen-bond donors (Lipinski definition) is 0. The molecule has 0 spiro atoms. The molecule has 4 heteroatoms. The van der Waals surface area contributed by atoms with E-state index >= 15 is 0 Å². The first-order chi connectivity index (χ1) is 15.5. The van der Waals surface area contributed by atoms with Gasteiger partial charge in [0.15, 0.2) is 0 Å². The van der Waals surface area contributed by atoms with Crippen LogP contribution in [0.3, 0.4) is 0 Å². The van der Waals surface area contributed by atoms with Crippen molar-refractivity contribution in [1.29, 1.82) is 0 Å². The molecule has 0 N–H and O–H groups in total. The van der Waals surface area contributed by atoms with Gasteiger partial charge in [-0.15, -0.1) is 0 Å². The van der Waals surface area contributed by atoms with Gasteiger partial charge in [0.25, 0.3) is 11.8 Å². The zero-order chi connectivity index (χ0) is 22.2. The number of amides is 2. The molecule has 1 heterocycles. The minimum atomic E-state index is -0.0726. The summed E-state index contributed by atoms with van der Waals surface area (Å²) in [5, 5.41) is 4.05. The highest BCUT2D eigenvalue weighted by Crippen LogP contribution is 2.26. The SMILES string of the molecule is C[C@@H]1CN(C(=O)c2cccc3ccccc23)[C@@H](C)CN1C(=O)c1cccc2ccccc12. The van der Waals surface area contributed by atoms with E-state index in [9.17, 15) is 9.59 Å². The highest BCUT2D eigenvalue weighted by atomic mass is 16.2. The summed E-state index contributed by atoms with van der Waals surface area (Å²) in [7, 11) is 0. The quantitative estimate of drug-likeness (QED) is 0.436. The number of carbonyl (C=O) groups excluding carboxylic acids is 2. The lowest BCUT2D eigenvalue weighted by atomic mass is 9.99. The lowest BCUT2D eigenvalue weighted by Gasteiger charge is -2.44. The van der Waals surface area contributed by atoms with Crippen molar-refractivity contribution in [3.63, 3.8) is 0 Å². The van der Waals surface area contributed by atoms with E-state index in [4.69, 9.17) is 0 Å². The highest BCUT2D eigenvalue weighted by Gasteiger charge is 2.35. The molecular formula is C28H26N2O2. The molecule has 4 nitrogen and oxygen atoms in total. The number of hydrogen-bond acceptors (Lipinski definition) is 2. The molecule has 32 heavy (non-hydrogen) atoms. The Kier molecular flexibility index (Phi) is 5.14. The van der Waals surface area contributed by atoms with Gasteiger partial charge in [0, 0.05) is 36.3 Å². The molecule has 2 atom stereocenters. The Balaban J connectivity index is 1.42. The topological polar surface area (TPSA) is 40.6 Å². The van der Waals surface area contributed by atoms with Gasteiger partial charge in [0.2, 0.25) is 0 Å². The highest BCUT2D eigenvalue weighted by molar-refractivity contribution is 6.08. The molecule has 0 aliphatic carbocycles. The molecule has 5 rings (SSSR count). The van der Waals surface area contributed by atoms with Gasteiger partial charge in [-0.25, -0.2) is 0 Å². The van der Waals surface area contributed by atoms with E-state index in [-0.39, 0.29) is 23.9 Å². The third-order valence-electron chi connectivity index (χ3n) is 6.55. The zero-order valence-electron chi connectivity index (χ0n) is 18.4. The van der Waals surface area contributed by atoms with E-state index < -0.39 is 0 Å². The van der Waals surface area contributed by atoms with Crippen molar-refractivity contribution in [2.75, 3.05) is 13.1 Å². The Bertz CT molecular complexity index is 1220.